The third-order valence-corrected chi connectivity index (χ3v) is 7.17. The van der Waals surface area contributed by atoms with E-state index in [2.05, 4.69) is 15.1 Å². The maximum absolute atomic E-state index is 13.2. The van der Waals surface area contributed by atoms with Crippen molar-refractivity contribution in [3.8, 4) is 5.75 Å². The number of hydrogen-bond donors (Lipinski definition) is 5. The first-order valence-electron chi connectivity index (χ1n) is 8.79. The van der Waals surface area contributed by atoms with Crippen LogP contribution in [-0.2, 0) is 0 Å². The van der Waals surface area contributed by atoms with Gasteiger partial charge in [-0.15, -0.1) is 15.7 Å². The molecule has 1 aliphatic heterocycles. The number of nitrogens with one attached hydrogen (secondary N) is 2. The first-order valence-corrected chi connectivity index (χ1v) is 11.2. The van der Waals surface area contributed by atoms with Crippen molar-refractivity contribution in [1.82, 2.24) is 4.68 Å². The van der Waals surface area contributed by atoms with Crippen molar-refractivity contribution in [3.63, 3.8) is 0 Å². The van der Waals surface area contributed by atoms with E-state index >= 15 is 0 Å². The maximum Gasteiger partial charge on any atom is 0.284 e. The Labute approximate surface area is 165 Å². The van der Waals surface area contributed by atoms with Gasteiger partial charge >= 0.3 is 0 Å². The smallest absolute Gasteiger partial charge is 0.284 e. The molecule has 0 atom stereocenters. The predicted octanol–water partition coefficient (Wildman–Crippen LogP) is 3.62. The van der Waals surface area contributed by atoms with Gasteiger partial charge in [-0.25, -0.2) is 4.68 Å². The number of aromatic nitrogens is 1. The van der Waals surface area contributed by atoms with Crippen molar-refractivity contribution in [3.05, 3.63) is 51.6 Å². The molecule has 10 heteroatoms. The van der Waals surface area contributed by atoms with Gasteiger partial charge in [-0.1, -0.05) is 22.9 Å². The number of nitrogens with zero attached hydrogens (tertiary/aromatic N) is 2. The van der Waals surface area contributed by atoms with E-state index in [1.807, 2.05) is 0 Å². The number of hydrogen-bond acceptors (Lipinski definition) is 8. The Morgan fingerprint density at radius 2 is 2.07 bits per heavy atom. The molecule has 0 spiro atoms. The van der Waals surface area contributed by atoms with E-state index in [0.717, 1.165) is 12.8 Å². The zero-order chi connectivity index (χ0) is 19.5. The Bertz CT molecular complexity index is 1180. The zero-order valence-electron chi connectivity index (χ0n) is 14.6. The fourth-order valence-corrected chi connectivity index (χ4v) is 5.24. The lowest BCUT2D eigenvalue weighted by Gasteiger charge is -2.34. The molecule has 2 aromatic heterocycles. The van der Waals surface area contributed by atoms with Crippen LogP contribution >= 0.6 is 22.1 Å². The molecule has 5 rings (SSSR count). The van der Waals surface area contributed by atoms with Gasteiger partial charge in [0.1, 0.15) is 10.5 Å². The number of amidine groups is 1. The summed E-state index contributed by atoms with van der Waals surface area (Å²) >= 11 is 1.30. The highest BCUT2D eigenvalue weighted by molar-refractivity contribution is 8.23. The molecule has 3 aromatic rings. The molecule has 0 amide bonds. The molecular weight excluding hydrogens is 400 g/mol. The highest BCUT2D eigenvalue weighted by Crippen LogP contribution is 2.55. The zero-order valence-corrected chi connectivity index (χ0v) is 16.3. The molecule has 1 fully saturated rings. The van der Waals surface area contributed by atoms with Gasteiger partial charge in [0, 0.05) is 6.54 Å². The van der Waals surface area contributed by atoms with Crippen LogP contribution in [0.2, 0.25) is 0 Å². The van der Waals surface area contributed by atoms with Gasteiger partial charge in [-0.05, 0) is 42.3 Å². The summed E-state index contributed by atoms with van der Waals surface area (Å²) in [5.41, 5.74) is 3.59. The van der Waals surface area contributed by atoms with Gasteiger partial charge < -0.3 is 15.8 Å². The fraction of sp³-hybridized carbons (Fsp3) is 0.222. The van der Waals surface area contributed by atoms with E-state index in [0.29, 0.717) is 28.4 Å². The summed E-state index contributed by atoms with van der Waals surface area (Å²) in [5, 5.41) is 15.6. The summed E-state index contributed by atoms with van der Waals surface area (Å²) in [6.07, 6.45) is 2.26. The first-order chi connectivity index (χ1) is 13.5. The number of aromatic hydroxyl groups is 1. The summed E-state index contributed by atoms with van der Waals surface area (Å²) in [5.74, 6) is 0.264. The number of benzene rings is 1. The van der Waals surface area contributed by atoms with Crippen LogP contribution in [0.5, 0.6) is 5.75 Å². The van der Waals surface area contributed by atoms with Crippen molar-refractivity contribution in [1.29, 1.82) is 0 Å². The average Bonchev–Trinajstić information content (AvgIpc) is 3.35. The molecule has 5 N–H and O–H groups in total. The highest BCUT2D eigenvalue weighted by atomic mass is 32.3. The van der Waals surface area contributed by atoms with Crippen LogP contribution in [0, 0.1) is 5.92 Å². The largest absolute Gasteiger partial charge is 0.505 e. The minimum absolute atomic E-state index is 0.0570. The molecule has 1 aliphatic carbocycles. The standard InChI is InChI=1S/C18H18N4O4S2/c23-15-14(17-20-11-3-1-2-4-13(11)28(25,26)21-17)18(24)22(19-9-10-5-6-10)12-7-8-27-16(12)15/h1-4,7-8,10,19,23,25-26H,5-6,9H2,(H,20,21). The Balaban J connectivity index is 1.69. The molecule has 8 nitrogen and oxygen atoms in total. The topological polar surface area (TPSA) is 119 Å². The Hall–Kier alpha value is -2.53. The van der Waals surface area contributed by atoms with Crippen LogP contribution in [0.15, 0.2) is 49.8 Å². The maximum atomic E-state index is 13.2. The van der Waals surface area contributed by atoms with Crippen molar-refractivity contribution < 1.29 is 14.2 Å². The third kappa shape index (κ3) is 2.76. The summed E-state index contributed by atoms with van der Waals surface area (Å²) in [7, 11) is -3.49. The minimum Gasteiger partial charge on any atom is -0.505 e. The van der Waals surface area contributed by atoms with Gasteiger partial charge in [0.2, 0.25) is 0 Å². The number of rotatable bonds is 4. The lowest BCUT2D eigenvalue weighted by Crippen LogP contribution is -2.36. The normalized spacial score (nSPS) is 18.9. The lowest BCUT2D eigenvalue weighted by atomic mass is 10.2. The number of anilines is 1. The van der Waals surface area contributed by atoms with Crippen LogP contribution in [-0.4, -0.2) is 31.3 Å². The van der Waals surface area contributed by atoms with E-state index < -0.39 is 16.3 Å². The Morgan fingerprint density at radius 1 is 1.29 bits per heavy atom. The van der Waals surface area contributed by atoms with Crippen LogP contribution in [0.3, 0.4) is 0 Å². The average molecular weight is 419 g/mol. The van der Waals surface area contributed by atoms with Crippen molar-refractivity contribution in [2.75, 3.05) is 17.3 Å². The monoisotopic (exact) mass is 418 g/mol. The summed E-state index contributed by atoms with van der Waals surface area (Å²) in [6, 6.07) is 8.42. The van der Waals surface area contributed by atoms with Crippen LogP contribution < -0.4 is 16.3 Å². The van der Waals surface area contributed by atoms with Crippen molar-refractivity contribution in [2.24, 2.45) is 10.3 Å². The number of fused-ring (bicyclic) bond motifs is 2. The highest BCUT2D eigenvalue weighted by Gasteiger charge is 2.31. The molecule has 146 valence electrons. The molecular formula is C18H18N4O4S2. The van der Waals surface area contributed by atoms with Crippen LogP contribution in [0.25, 0.3) is 10.2 Å². The van der Waals surface area contributed by atoms with E-state index in [1.54, 1.807) is 35.7 Å². The quantitative estimate of drug-likeness (QED) is 0.442. The summed E-state index contributed by atoms with van der Waals surface area (Å²) in [4.78, 5) is 13.5. The fourth-order valence-electron chi connectivity index (χ4n) is 3.25. The molecule has 3 heterocycles. The molecule has 2 aliphatic rings. The van der Waals surface area contributed by atoms with Crippen molar-refractivity contribution in [2.45, 2.75) is 17.7 Å². The molecule has 1 saturated carbocycles. The van der Waals surface area contributed by atoms with Gasteiger partial charge in [-0.2, -0.15) is 0 Å². The Kier molecular flexibility index (Phi) is 3.91. The van der Waals surface area contributed by atoms with E-state index in [9.17, 15) is 19.0 Å². The second-order valence-electron chi connectivity index (χ2n) is 6.88. The molecule has 0 radical (unpaired) electrons. The van der Waals surface area contributed by atoms with E-state index in [-0.39, 0.29) is 22.0 Å². The molecule has 0 saturated heterocycles. The molecule has 1 aromatic carbocycles. The lowest BCUT2D eigenvalue weighted by molar-refractivity contribution is 0.479. The van der Waals surface area contributed by atoms with Crippen LogP contribution in [0.4, 0.5) is 5.69 Å². The second kappa shape index (κ2) is 6.24. The van der Waals surface area contributed by atoms with Gasteiger partial charge in [0.15, 0.2) is 11.6 Å². The SMILES string of the molecule is O=c1c(C2=NS(O)(O)c3ccccc3N2)c(O)c2sccc2n1NCC1CC1. The van der Waals surface area contributed by atoms with E-state index in [4.69, 9.17) is 0 Å². The summed E-state index contributed by atoms with van der Waals surface area (Å²) in [6.45, 7) is 0.660. The third-order valence-electron chi connectivity index (χ3n) is 4.88. The van der Waals surface area contributed by atoms with E-state index in [1.165, 1.54) is 16.0 Å². The molecule has 28 heavy (non-hydrogen) atoms. The van der Waals surface area contributed by atoms with Gasteiger partial charge in [0.05, 0.1) is 15.9 Å². The molecule has 0 unspecified atom stereocenters. The second-order valence-corrected chi connectivity index (χ2v) is 9.46. The number of para-hydroxylation sites is 1. The Morgan fingerprint density at radius 3 is 2.86 bits per heavy atom. The number of thiophene rings is 1. The molecule has 0 bridgehead atoms. The number of pyridine rings is 1. The van der Waals surface area contributed by atoms with Gasteiger partial charge in [-0.3, -0.25) is 13.9 Å². The van der Waals surface area contributed by atoms with Crippen LogP contribution in [0.1, 0.15) is 18.4 Å². The first kappa shape index (κ1) is 17.6. The summed E-state index contributed by atoms with van der Waals surface area (Å²) < 4.78 is 26.9. The predicted molar refractivity (Wildman–Crippen MR) is 112 cm³/mol. The van der Waals surface area contributed by atoms with Gasteiger partial charge in [0.25, 0.3) is 5.56 Å². The minimum atomic E-state index is -3.49. The van der Waals surface area contributed by atoms with Crippen molar-refractivity contribution >= 4 is 43.9 Å².